The summed E-state index contributed by atoms with van der Waals surface area (Å²) in [5.74, 6) is 0.868. The lowest BCUT2D eigenvalue weighted by Gasteiger charge is -2.27. The molecule has 2 aromatic carbocycles. The summed E-state index contributed by atoms with van der Waals surface area (Å²) in [6, 6.07) is 18.0. The van der Waals surface area contributed by atoms with E-state index in [-0.39, 0.29) is 22.3 Å². The van der Waals surface area contributed by atoms with Crippen LogP contribution in [-0.2, 0) is 20.3 Å². The highest BCUT2D eigenvalue weighted by atomic mass is 32.2. The molecule has 10 nitrogen and oxygen atoms in total. The van der Waals surface area contributed by atoms with Gasteiger partial charge in [-0.25, -0.2) is 28.4 Å². The molecule has 0 unspecified atom stereocenters. The number of sulfone groups is 1. The second kappa shape index (κ2) is 14.1. The first kappa shape index (κ1) is 32.4. The molecule has 244 valence electrons. The van der Waals surface area contributed by atoms with Crippen LogP contribution in [0.4, 0.5) is 26.2 Å². The van der Waals surface area contributed by atoms with E-state index in [4.69, 9.17) is 14.7 Å². The van der Waals surface area contributed by atoms with Crippen molar-refractivity contribution in [3.63, 3.8) is 0 Å². The Morgan fingerprint density at radius 1 is 1.00 bits per heavy atom. The third-order valence-electron chi connectivity index (χ3n) is 7.31. The molecule has 0 amide bonds. The Balaban J connectivity index is 1.26. The molecular formula is C33H32F2N6O4S2. The van der Waals surface area contributed by atoms with Gasteiger partial charge in [-0.3, -0.25) is 0 Å². The van der Waals surface area contributed by atoms with Crippen LogP contribution in [0.25, 0.3) is 21.8 Å². The van der Waals surface area contributed by atoms with Crippen LogP contribution < -0.4 is 15.0 Å². The van der Waals surface area contributed by atoms with Gasteiger partial charge in [0.2, 0.25) is 5.95 Å². The predicted octanol–water partition coefficient (Wildman–Crippen LogP) is 6.94. The fraction of sp³-hybridized carbons (Fsp3) is 0.273. The molecule has 0 atom stereocenters. The normalized spacial score (nSPS) is 13.7. The highest BCUT2D eigenvalue weighted by Crippen LogP contribution is 2.39. The molecule has 5 aromatic rings. The molecule has 0 saturated carbocycles. The first-order chi connectivity index (χ1) is 22.6. The Bertz CT molecular complexity index is 1950. The van der Waals surface area contributed by atoms with Crippen LogP contribution in [0.15, 0.2) is 84.0 Å². The van der Waals surface area contributed by atoms with Crippen molar-refractivity contribution in [2.45, 2.75) is 37.0 Å². The fourth-order valence-electron chi connectivity index (χ4n) is 5.02. The van der Waals surface area contributed by atoms with Gasteiger partial charge < -0.3 is 19.7 Å². The second-order valence-electron chi connectivity index (χ2n) is 11.1. The molecular weight excluding hydrogens is 647 g/mol. The lowest BCUT2D eigenvalue weighted by atomic mass is 10.1. The SMILES string of the molecule is CC(C)c1nc(-c2cccc(CS(=O)(=O)c3cccc(OC(F)F)c3)c2)c(-c2ccnc(Nc3ccc(N4CCOCC4)nc3)n2)s1. The zero-order valence-corrected chi connectivity index (χ0v) is 27.3. The standard InChI is InChI=1S/C33H32F2N6O4S2/c1-21(2)31-40-29(23-6-3-5-22(17-23)20-47(42,43)26-8-4-7-25(18-26)45-32(34)35)30(46-31)27-11-12-36-33(39-27)38-24-9-10-28(37-19-24)41-13-15-44-16-14-41/h3-12,17-19,21,32H,13-16,20H2,1-2H3,(H,36,38,39). The second-order valence-corrected chi connectivity index (χ2v) is 14.1. The Morgan fingerprint density at radius 2 is 1.81 bits per heavy atom. The Kier molecular flexibility index (Phi) is 9.71. The minimum absolute atomic E-state index is 0.107. The lowest BCUT2D eigenvalue weighted by Crippen LogP contribution is -2.36. The molecule has 14 heteroatoms. The zero-order chi connectivity index (χ0) is 33.0. The quantitative estimate of drug-likeness (QED) is 0.157. The van der Waals surface area contributed by atoms with Gasteiger partial charge in [0.25, 0.3) is 0 Å². The summed E-state index contributed by atoms with van der Waals surface area (Å²) in [6.07, 6.45) is 3.42. The zero-order valence-electron chi connectivity index (χ0n) is 25.6. The largest absolute Gasteiger partial charge is 0.435 e. The van der Waals surface area contributed by atoms with Gasteiger partial charge in [-0.05, 0) is 48.0 Å². The van der Waals surface area contributed by atoms with Crippen molar-refractivity contribution in [3.8, 4) is 27.6 Å². The third kappa shape index (κ3) is 7.89. The maximum atomic E-state index is 13.3. The van der Waals surface area contributed by atoms with Gasteiger partial charge in [-0.1, -0.05) is 38.1 Å². The van der Waals surface area contributed by atoms with Crippen molar-refractivity contribution in [1.82, 2.24) is 19.9 Å². The number of rotatable bonds is 11. The minimum Gasteiger partial charge on any atom is -0.435 e. The molecule has 6 rings (SSSR count). The van der Waals surface area contributed by atoms with E-state index in [2.05, 4.69) is 38.8 Å². The number of thiazole rings is 1. The van der Waals surface area contributed by atoms with Crippen molar-refractivity contribution < 1.29 is 26.7 Å². The summed E-state index contributed by atoms with van der Waals surface area (Å²) >= 11 is 1.52. The van der Waals surface area contributed by atoms with E-state index in [1.54, 1.807) is 30.6 Å². The van der Waals surface area contributed by atoms with Gasteiger partial charge in [0, 0.05) is 30.8 Å². The van der Waals surface area contributed by atoms with Crippen molar-refractivity contribution in [2.24, 2.45) is 0 Å². The van der Waals surface area contributed by atoms with Gasteiger partial charge in [0.1, 0.15) is 11.6 Å². The molecule has 0 spiro atoms. The molecule has 1 N–H and O–H groups in total. The van der Waals surface area contributed by atoms with E-state index in [9.17, 15) is 17.2 Å². The van der Waals surface area contributed by atoms with Crippen LogP contribution in [-0.4, -0.2) is 61.3 Å². The molecule has 0 aliphatic carbocycles. The number of nitrogens with zero attached hydrogens (tertiary/aromatic N) is 5. The number of pyridine rings is 1. The monoisotopic (exact) mass is 678 g/mol. The van der Waals surface area contributed by atoms with Crippen molar-refractivity contribution in [2.75, 3.05) is 36.5 Å². The average molecular weight is 679 g/mol. The summed E-state index contributed by atoms with van der Waals surface area (Å²) in [6.45, 7) is 4.01. The Labute approximate surface area is 275 Å². The molecule has 1 fully saturated rings. The summed E-state index contributed by atoms with van der Waals surface area (Å²) < 4.78 is 61.8. The summed E-state index contributed by atoms with van der Waals surface area (Å²) in [7, 11) is -3.87. The van der Waals surface area contributed by atoms with Crippen molar-refractivity contribution in [1.29, 1.82) is 0 Å². The van der Waals surface area contributed by atoms with Crippen LogP contribution in [0, 0.1) is 0 Å². The maximum Gasteiger partial charge on any atom is 0.387 e. The number of alkyl halides is 2. The van der Waals surface area contributed by atoms with E-state index in [0.29, 0.717) is 36.1 Å². The number of ether oxygens (including phenoxy) is 2. The van der Waals surface area contributed by atoms with Crippen LogP contribution in [0.2, 0.25) is 0 Å². The third-order valence-corrected chi connectivity index (χ3v) is 10.4. The van der Waals surface area contributed by atoms with E-state index >= 15 is 0 Å². The topological polar surface area (TPSA) is 119 Å². The van der Waals surface area contributed by atoms with Crippen molar-refractivity contribution in [3.05, 3.63) is 89.7 Å². The van der Waals surface area contributed by atoms with Gasteiger partial charge in [-0.15, -0.1) is 11.3 Å². The molecule has 1 aliphatic heterocycles. The number of benzene rings is 2. The Morgan fingerprint density at radius 3 is 2.55 bits per heavy atom. The van der Waals surface area contributed by atoms with Crippen LogP contribution >= 0.6 is 11.3 Å². The van der Waals surface area contributed by atoms with Gasteiger partial charge in [-0.2, -0.15) is 8.78 Å². The summed E-state index contributed by atoms with van der Waals surface area (Å²) in [4.78, 5) is 21.6. The number of nitrogens with one attached hydrogen (secondary N) is 1. The van der Waals surface area contributed by atoms with Crippen LogP contribution in [0.5, 0.6) is 5.75 Å². The van der Waals surface area contributed by atoms with E-state index < -0.39 is 16.4 Å². The van der Waals surface area contributed by atoms with Crippen LogP contribution in [0.3, 0.4) is 0 Å². The highest BCUT2D eigenvalue weighted by molar-refractivity contribution is 7.90. The number of anilines is 3. The molecule has 1 aliphatic rings. The average Bonchev–Trinajstić information content (AvgIpc) is 3.52. The maximum absolute atomic E-state index is 13.3. The number of hydrogen-bond acceptors (Lipinski definition) is 11. The number of halogens is 2. The van der Waals surface area contributed by atoms with E-state index in [0.717, 1.165) is 46.1 Å². The van der Waals surface area contributed by atoms with Gasteiger partial charge in [0.05, 0.1) is 57.0 Å². The number of morpholine rings is 1. The first-order valence-corrected chi connectivity index (χ1v) is 17.4. The predicted molar refractivity (Wildman–Crippen MR) is 177 cm³/mol. The number of hydrogen-bond donors (Lipinski definition) is 1. The first-order valence-electron chi connectivity index (χ1n) is 14.9. The lowest BCUT2D eigenvalue weighted by molar-refractivity contribution is -0.0500. The van der Waals surface area contributed by atoms with E-state index in [1.807, 2.05) is 24.3 Å². The van der Waals surface area contributed by atoms with Crippen LogP contribution in [0.1, 0.15) is 30.3 Å². The minimum atomic E-state index is -3.87. The highest BCUT2D eigenvalue weighted by Gasteiger charge is 2.21. The molecule has 4 heterocycles. The number of aromatic nitrogens is 4. The fourth-order valence-corrected chi connectivity index (χ4v) is 7.45. The molecule has 0 bridgehead atoms. The molecule has 47 heavy (non-hydrogen) atoms. The van der Waals surface area contributed by atoms with Gasteiger partial charge >= 0.3 is 6.61 Å². The molecule has 3 aromatic heterocycles. The summed E-state index contributed by atoms with van der Waals surface area (Å²) in [5, 5.41) is 4.14. The van der Waals surface area contributed by atoms with E-state index in [1.165, 1.54) is 29.5 Å². The van der Waals surface area contributed by atoms with Crippen molar-refractivity contribution >= 4 is 38.6 Å². The smallest absolute Gasteiger partial charge is 0.387 e. The molecule has 1 saturated heterocycles. The van der Waals surface area contributed by atoms with Gasteiger partial charge in [0.15, 0.2) is 9.84 Å². The Hall–Kier alpha value is -4.53. The molecule has 0 radical (unpaired) electrons. The summed E-state index contributed by atoms with van der Waals surface area (Å²) in [5.41, 5.74) is 3.32.